The molecule has 0 aliphatic heterocycles. The maximum atomic E-state index is 12.3. The normalized spacial score (nSPS) is 12.6. The van der Waals surface area contributed by atoms with Gasteiger partial charge >= 0.3 is 0 Å². The third kappa shape index (κ3) is 2.75. The summed E-state index contributed by atoms with van der Waals surface area (Å²) < 4.78 is 28.8. The molecule has 0 unspecified atom stereocenters. The highest BCUT2D eigenvalue weighted by molar-refractivity contribution is 7.89. The van der Waals surface area contributed by atoms with Crippen LogP contribution in [-0.4, -0.2) is 24.3 Å². The summed E-state index contributed by atoms with van der Waals surface area (Å²) in [6, 6.07) is 0. The number of thiazole rings is 1. The molecule has 6 nitrogen and oxygen atoms in total. The number of hydrogen-bond donors (Lipinski definition) is 2. The van der Waals surface area contributed by atoms with Crippen molar-refractivity contribution in [1.29, 1.82) is 0 Å². The highest BCUT2D eigenvalue weighted by atomic mass is 32.2. The molecule has 2 heterocycles. The molecule has 0 aliphatic rings. The van der Waals surface area contributed by atoms with Gasteiger partial charge in [-0.25, -0.2) is 18.1 Å². The van der Waals surface area contributed by atoms with E-state index >= 15 is 0 Å². The van der Waals surface area contributed by atoms with Gasteiger partial charge in [0.05, 0.1) is 0 Å². The number of nitrogens with zero attached hydrogens (tertiary/aromatic N) is 2. The lowest BCUT2D eigenvalue weighted by Crippen LogP contribution is -2.30. The first-order valence-corrected chi connectivity index (χ1v) is 8.56. The number of hydrogen-bond acceptors (Lipinski definition) is 5. The molecule has 106 valence electrons. The van der Waals surface area contributed by atoms with Gasteiger partial charge in [0.25, 0.3) is 10.0 Å². The van der Waals surface area contributed by atoms with Crippen molar-refractivity contribution >= 4 is 32.1 Å². The van der Waals surface area contributed by atoms with Crippen LogP contribution in [0.1, 0.15) is 26.7 Å². The minimum atomic E-state index is -3.63. The average Bonchev–Trinajstić information content (AvgIpc) is 2.89. The molecular weight excluding hydrogens is 284 g/mol. The van der Waals surface area contributed by atoms with Gasteiger partial charge < -0.3 is 5.73 Å². The van der Waals surface area contributed by atoms with Crippen molar-refractivity contribution in [2.75, 3.05) is 12.3 Å². The molecule has 0 aromatic carbocycles. The quantitative estimate of drug-likeness (QED) is 0.849. The zero-order valence-electron chi connectivity index (χ0n) is 11.0. The van der Waals surface area contributed by atoms with Crippen molar-refractivity contribution < 1.29 is 8.42 Å². The predicted octanol–water partition coefficient (Wildman–Crippen LogP) is 1.69. The number of rotatable bonds is 6. The minimum Gasteiger partial charge on any atom is -0.381 e. The molecule has 0 atom stereocenters. The third-order valence-corrected chi connectivity index (χ3v) is 5.43. The van der Waals surface area contributed by atoms with Gasteiger partial charge in [-0.05, 0) is 5.92 Å². The summed E-state index contributed by atoms with van der Waals surface area (Å²) in [6.07, 6.45) is 3.54. The zero-order chi connectivity index (χ0) is 14.0. The van der Waals surface area contributed by atoms with Crippen LogP contribution in [-0.2, 0) is 10.0 Å². The number of sulfonamides is 1. The Hall–Kier alpha value is -1.12. The number of imidazole rings is 1. The second-order valence-electron chi connectivity index (χ2n) is 4.39. The van der Waals surface area contributed by atoms with Gasteiger partial charge in [0, 0.05) is 18.1 Å². The van der Waals surface area contributed by atoms with Crippen molar-refractivity contribution in [3.05, 3.63) is 11.6 Å². The van der Waals surface area contributed by atoms with Crippen molar-refractivity contribution in [1.82, 2.24) is 14.1 Å². The summed E-state index contributed by atoms with van der Waals surface area (Å²) in [5.74, 6) is 0.380. The molecule has 19 heavy (non-hydrogen) atoms. The molecule has 8 heteroatoms. The molecule has 0 fully saturated rings. The number of anilines is 1. The Morgan fingerprint density at radius 3 is 2.79 bits per heavy atom. The van der Waals surface area contributed by atoms with Gasteiger partial charge in [-0.3, -0.25) is 4.40 Å². The van der Waals surface area contributed by atoms with E-state index in [1.807, 2.05) is 13.8 Å². The molecule has 3 N–H and O–H groups in total. The van der Waals surface area contributed by atoms with Crippen LogP contribution in [0.15, 0.2) is 16.6 Å². The molecule has 0 saturated carbocycles. The first kappa shape index (κ1) is 14.3. The van der Waals surface area contributed by atoms with Crippen LogP contribution < -0.4 is 10.5 Å². The molecule has 0 radical (unpaired) electrons. The standard InChI is InChI=1S/C11H18N4O2S2/c1-3-8(4-2)7-13-19(16,17)10-9(12)14-11-15(10)5-6-18-11/h5-6,8,13H,3-4,7,12H2,1-2H3. The monoisotopic (exact) mass is 302 g/mol. The summed E-state index contributed by atoms with van der Waals surface area (Å²) in [7, 11) is -3.63. The van der Waals surface area contributed by atoms with Gasteiger partial charge in [0.15, 0.2) is 15.8 Å². The summed E-state index contributed by atoms with van der Waals surface area (Å²) in [5.41, 5.74) is 5.71. The molecule has 0 aliphatic carbocycles. The van der Waals surface area contributed by atoms with E-state index in [4.69, 9.17) is 5.73 Å². The van der Waals surface area contributed by atoms with Crippen LogP contribution in [0, 0.1) is 5.92 Å². The van der Waals surface area contributed by atoms with E-state index in [2.05, 4.69) is 9.71 Å². The molecule has 0 bridgehead atoms. The second kappa shape index (κ2) is 5.48. The second-order valence-corrected chi connectivity index (χ2v) is 6.95. The Morgan fingerprint density at radius 1 is 1.47 bits per heavy atom. The molecular formula is C11H18N4O2S2. The van der Waals surface area contributed by atoms with Crippen LogP contribution in [0.2, 0.25) is 0 Å². The lowest BCUT2D eigenvalue weighted by atomic mass is 10.0. The largest absolute Gasteiger partial charge is 0.381 e. The van der Waals surface area contributed by atoms with Gasteiger partial charge in [-0.1, -0.05) is 26.7 Å². The molecule has 2 aromatic heterocycles. The smallest absolute Gasteiger partial charge is 0.260 e. The number of nitrogens with two attached hydrogens (primary N) is 1. The predicted molar refractivity (Wildman–Crippen MR) is 76.7 cm³/mol. The van der Waals surface area contributed by atoms with Crippen molar-refractivity contribution in [3.8, 4) is 0 Å². The Kier molecular flexibility index (Phi) is 4.12. The Labute approximate surface area is 116 Å². The van der Waals surface area contributed by atoms with Crippen molar-refractivity contribution in [2.24, 2.45) is 5.92 Å². The highest BCUT2D eigenvalue weighted by Gasteiger charge is 2.24. The maximum Gasteiger partial charge on any atom is 0.260 e. The van der Waals surface area contributed by atoms with Crippen molar-refractivity contribution in [2.45, 2.75) is 31.7 Å². The highest BCUT2D eigenvalue weighted by Crippen LogP contribution is 2.23. The molecule has 0 saturated heterocycles. The van der Waals surface area contributed by atoms with Crippen LogP contribution >= 0.6 is 11.3 Å². The number of nitrogen functional groups attached to an aromatic ring is 1. The van der Waals surface area contributed by atoms with E-state index in [9.17, 15) is 8.42 Å². The molecule has 0 spiro atoms. The van der Waals surface area contributed by atoms with Gasteiger partial charge in [-0.15, -0.1) is 11.3 Å². The summed E-state index contributed by atoms with van der Waals surface area (Å²) in [5, 5.41) is 1.82. The lowest BCUT2D eigenvalue weighted by molar-refractivity contribution is 0.478. The first-order chi connectivity index (χ1) is 8.99. The van der Waals surface area contributed by atoms with Crippen LogP contribution in [0.25, 0.3) is 4.96 Å². The van der Waals surface area contributed by atoms with Gasteiger partial charge in [0.2, 0.25) is 0 Å². The average molecular weight is 302 g/mol. The number of aromatic nitrogens is 2. The van der Waals surface area contributed by atoms with E-state index < -0.39 is 10.0 Å². The van der Waals surface area contributed by atoms with E-state index in [0.29, 0.717) is 17.4 Å². The molecule has 0 amide bonds. The molecule has 2 aromatic rings. The maximum absolute atomic E-state index is 12.3. The minimum absolute atomic E-state index is 0.0368. The van der Waals surface area contributed by atoms with Crippen LogP contribution in [0.3, 0.4) is 0 Å². The Bertz CT molecular complexity index is 655. The SMILES string of the molecule is CCC(CC)CNS(=O)(=O)c1c(N)nc2sccn12. The topological polar surface area (TPSA) is 89.5 Å². The summed E-state index contributed by atoms with van der Waals surface area (Å²) in [4.78, 5) is 4.63. The van der Waals surface area contributed by atoms with Gasteiger partial charge in [0.1, 0.15) is 0 Å². The summed E-state index contributed by atoms with van der Waals surface area (Å²) >= 11 is 1.35. The van der Waals surface area contributed by atoms with Crippen molar-refractivity contribution in [3.63, 3.8) is 0 Å². The third-order valence-electron chi connectivity index (χ3n) is 3.21. The Balaban J connectivity index is 2.29. The molecule has 2 rings (SSSR count). The number of nitrogens with one attached hydrogen (secondary N) is 1. The fourth-order valence-electron chi connectivity index (χ4n) is 1.92. The van der Waals surface area contributed by atoms with E-state index in [-0.39, 0.29) is 10.8 Å². The number of fused-ring (bicyclic) bond motifs is 1. The van der Waals surface area contributed by atoms with Crippen LogP contribution in [0.5, 0.6) is 0 Å². The van der Waals surface area contributed by atoms with E-state index in [1.165, 1.54) is 15.7 Å². The van der Waals surface area contributed by atoms with Crippen LogP contribution in [0.4, 0.5) is 5.82 Å². The zero-order valence-corrected chi connectivity index (χ0v) is 12.6. The fraction of sp³-hybridized carbons (Fsp3) is 0.545. The lowest BCUT2D eigenvalue weighted by Gasteiger charge is -2.13. The Morgan fingerprint density at radius 2 is 2.16 bits per heavy atom. The summed E-state index contributed by atoms with van der Waals surface area (Å²) in [6.45, 7) is 4.52. The fourth-order valence-corrected chi connectivity index (χ4v) is 4.02. The first-order valence-electron chi connectivity index (χ1n) is 6.20. The van der Waals surface area contributed by atoms with Gasteiger partial charge in [-0.2, -0.15) is 0 Å². The van der Waals surface area contributed by atoms with E-state index in [1.54, 1.807) is 11.6 Å². The van der Waals surface area contributed by atoms with E-state index in [0.717, 1.165) is 12.8 Å².